The highest BCUT2D eigenvalue weighted by atomic mass is 32.2. The van der Waals surface area contributed by atoms with Crippen molar-refractivity contribution in [3.63, 3.8) is 0 Å². The zero-order chi connectivity index (χ0) is 23.1. The molecule has 0 spiro atoms. The van der Waals surface area contributed by atoms with Crippen molar-refractivity contribution in [3.8, 4) is 11.5 Å². The predicted molar refractivity (Wildman–Crippen MR) is 132 cm³/mol. The van der Waals surface area contributed by atoms with E-state index in [2.05, 4.69) is 22.3 Å². The molecule has 0 aromatic heterocycles. The number of hydrogen-bond acceptors (Lipinski definition) is 5. The molecule has 0 aliphatic carbocycles. The van der Waals surface area contributed by atoms with Crippen molar-refractivity contribution in [1.82, 2.24) is 0 Å². The van der Waals surface area contributed by atoms with Crippen molar-refractivity contribution >= 4 is 44.4 Å². The fourth-order valence-corrected chi connectivity index (χ4v) is 4.22. The zero-order valence-corrected chi connectivity index (χ0v) is 19.6. The maximum Gasteiger partial charge on any atom is 0.262 e. The van der Waals surface area contributed by atoms with Gasteiger partial charge in [-0.1, -0.05) is 19.1 Å². The molecule has 3 aromatic carbocycles. The van der Waals surface area contributed by atoms with Gasteiger partial charge in [-0.3, -0.25) is 4.72 Å². The van der Waals surface area contributed by atoms with Crippen molar-refractivity contribution in [1.29, 1.82) is 0 Å². The second kappa shape index (κ2) is 10.3. The minimum absolute atomic E-state index is 0.0600. The molecule has 0 fully saturated rings. The molecule has 3 aromatic rings. The predicted octanol–water partition coefficient (Wildman–Crippen LogP) is 4.88. The Morgan fingerprint density at radius 2 is 1.53 bits per heavy atom. The van der Waals surface area contributed by atoms with Crippen molar-refractivity contribution in [2.75, 3.05) is 29.6 Å². The van der Waals surface area contributed by atoms with E-state index in [0.29, 0.717) is 28.0 Å². The molecular formula is C23H25N3O4S2. The first-order valence-electron chi connectivity index (χ1n) is 9.86. The van der Waals surface area contributed by atoms with E-state index >= 15 is 0 Å². The number of methoxy groups -OCH3 is 2. The molecule has 32 heavy (non-hydrogen) atoms. The van der Waals surface area contributed by atoms with Gasteiger partial charge in [0.25, 0.3) is 10.0 Å². The summed E-state index contributed by atoms with van der Waals surface area (Å²) < 4.78 is 38.6. The second-order valence-electron chi connectivity index (χ2n) is 6.83. The van der Waals surface area contributed by atoms with Crippen LogP contribution < -0.4 is 24.8 Å². The maximum atomic E-state index is 12.8. The van der Waals surface area contributed by atoms with Gasteiger partial charge in [0.15, 0.2) is 5.11 Å². The molecule has 0 aliphatic rings. The van der Waals surface area contributed by atoms with E-state index in [-0.39, 0.29) is 4.90 Å². The van der Waals surface area contributed by atoms with Crippen LogP contribution >= 0.6 is 12.2 Å². The normalized spacial score (nSPS) is 10.8. The van der Waals surface area contributed by atoms with Gasteiger partial charge < -0.3 is 20.1 Å². The number of aryl methyl sites for hydroxylation is 1. The lowest BCUT2D eigenvalue weighted by Gasteiger charge is -2.15. The molecule has 7 nitrogen and oxygen atoms in total. The molecule has 0 atom stereocenters. The number of rotatable bonds is 8. The Morgan fingerprint density at radius 3 is 2.12 bits per heavy atom. The van der Waals surface area contributed by atoms with Gasteiger partial charge in [-0.25, -0.2) is 8.42 Å². The lowest BCUT2D eigenvalue weighted by molar-refractivity contribution is 0.415. The van der Waals surface area contributed by atoms with Gasteiger partial charge in [0.1, 0.15) is 11.5 Å². The van der Waals surface area contributed by atoms with Gasteiger partial charge >= 0.3 is 0 Å². The highest BCUT2D eigenvalue weighted by molar-refractivity contribution is 7.92. The molecule has 0 radical (unpaired) electrons. The molecule has 3 N–H and O–H groups in total. The maximum absolute atomic E-state index is 12.8. The topological polar surface area (TPSA) is 88.7 Å². The molecule has 0 saturated heterocycles. The van der Waals surface area contributed by atoms with Gasteiger partial charge in [-0.2, -0.15) is 0 Å². The van der Waals surface area contributed by atoms with E-state index in [4.69, 9.17) is 21.7 Å². The summed E-state index contributed by atoms with van der Waals surface area (Å²) in [6.07, 6.45) is 0.961. The largest absolute Gasteiger partial charge is 0.497 e. The van der Waals surface area contributed by atoms with Gasteiger partial charge in [0.05, 0.1) is 24.8 Å². The number of ether oxygens (including phenoxy) is 2. The molecule has 0 saturated carbocycles. The van der Waals surface area contributed by atoms with E-state index in [1.165, 1.54) is 24.8 Å². The highest BCUT2D eigenvalue weighted by Gasteiger charge is 2.17. The summed E-state index contributed by atoms with van der Waals surface area (Å²) in [6.45, 7) is 2.09. The van der Waals surface area contributed by atoms with E-state index < -0.39 is 10.0 Å². The smallest absolute Gasteiger partial charge is 0.262 e. The molecule has 3 rings (SSSR count). The third kappa shape index (κ3) is 5.89. The third-order valence-electron chi connectivity index (χ3n) is 4.69. The summed E-state index contributed by atoms with van der Waals surface area (Å²) in [6, 6.07) is 19.1. The van der Waals surface area contributed by atoms with Gasteiger partial charge in [-0.05, 0) is 72.7 Å². The van der Waals surface area contributed by atoms with E-state index in [0.717, 1.165) is 12.1 Å². The first-order valence-corrected chi connectivity index (χ1v) is 11.8. The average Bonchev–Trinajstić information content (AvgIpc) is 2.80. The van der Waals surface area contributed by atoms with E-state index in [1.54, 1.807) is 37.4 Å². The molecule has 0 aliphatic heterocycles. The van der Waals surface area contributed by atoms with Crippen molar-refractivity contribution in [2.45, 2.75) is 18.2 Å². The number of thiocarbonyl (C=S) groups is 1. The summed E-state index contributed by atoms with van der Waals surface area (Å²) in [4.78, 5) is 0.0600. The first kappa shape index (κ1) is 23.4. The molecule has 168 valence electrons. The summed E-state index contributed by atoms with van der Waals surface area (Å²) >= 11 is 5.38. The standard InChI is InChI=1S/C23H25N3O4S2/c1-4-16-5-7-17(8-6-16)24-23(31)25-21-14-13-20(15-22(21)30-3)32(27,28)26-18-9-11-19(29-2)12-10-18/h5-15,26H,4H2,1-3H3,(H2,24,25,31). The second-order valence-corrected chi connectivity index (χ2v) is 8.92. The Hall–Kier alpha value is -3.30. The fraction of sp³-hybridized carbons (Fsp3) is 0.174. The van der Waals surface area contributed by atoms with Crippen LogP contribution in [0.15, 0.2) is 71.6 Å². The Morgan fingerprint density at radius 1 is 0.875 bits per heavy atom. The third-order valence-corrected chi connectivity index (χ3v) is 6.28. The molecular weight excluding hydrogens is 446 g/mol. The van der Waals surface area contributed by atoms with Crippen LogP contribution in [0.3, 0.4) is 0 Å². The van der Waals surface area contributed by atoms with Crippen LogP contribution in [0, 0.1) is 0 Å². The number of nitrogens with one attached hydrogen (secondary N) is 3. The van der Waals surface area contributed by atoms with Crippen LogP contribution in [-0.2, 0) is 16.4 Å². The molecule has 0 heterocycles. The molecule has 0 amide bonds. The van der Waals surface area contributed by atoms with Crippen molar-refractivity contribution in [2.24, 2.45) is 0 Å². The Bertz CT molecular complexity index is 1180. The SMILES string of the molecule is CCc1ccc(NC(=S)Nc2ccc(S(=O)(=O)Nc3ccc(OC)cc3)cc2OC)cc1. The molecule has 0 bridgehead atoms. The Kier molecular flexibility index (Phi) is 7.55. The zero-order valence-electron chi connectivity index (χ0n) is 18.0. The summed E-state index contributed by atoms with van der Waals surface area (Å²) in [5, 5.41) is 6.51. The van der Waals surface area contributed by atoms with Crippen molar-refractivity contribution < 1.29 is 17.9 Å². The minimum atomic E-state index is -3.81. The summed E-state index contributed by atoms with van der Waals surface area (Å²) in [5.41, 5.74) is 3.04. The lowest BCUT2D eigenvalue weighted by atomic mass is 10.1. The van der Waals surface area contributed by atoms with Crippen LogP contribution in [0.4, 0.5) is 17.1 Å². The quantitative estimate of drug-likeness (QED) is 0.404. The molecule has 0 unspecified atom stereocenters. The number of benzene rings is 3. The van der Waals surface area contributed by atoms with Gasteiger partial charge in [0, 0.05) is 17.4 Å². The van der Waals surface area contributed by atoms with E-state index in [9.17, 15) is 8.42 Å². The van der Waals surface area contributed by atoms with Crippen LogP contribution in [-0.4, -0.2) is 27.7 Å². The number of anilines is 3. The van der Waals surface area contributed by atoms with Crippen molar-refractivity contribution in [3.05, 3.63) is 72.3 Å². The fourth-order valence-electron chi connectivity index (χ4n) is 2.92. The number of hydrogen-bond donors (Lipinski definition) is 3. The van der Waals surface area contributed by atoms with Gasteiger partial charge in [0.2, 0.25) is 0 Å². The Labute approximate surface area is 193 Å². The van der Waals surface area contributed by atoms with Crippen LogP contribution in [0.1, 0.15) is 12.5 Å². The monoisotopic (exact) mass is 471 g/mol. The number of sulfonamides is 1. The minimum Gasteiger partial charge on any atom is -0.497 e. The lowest BCUT2D eigenvalue weighted by Crippen LogP contribution is -2.20. The summed E-state index contributed by atoms with van der Waals surface area (Å²) in [5.74, 6) is 0.976. The molecule has 9 heteroatoms. The van der Waals surface area contributed by atoms with Crippen LogP contribution in [0.25, 0.3) is 0 Å². The summed E-state index contributed by atoms with van der Waals surface area (Å²) in [7, 11) is -0.801. The van der Waals surface area contributed by atoms with E-state index in [1.807, 2.05) is 24.3 Å². The van der Waals surface area contributed by atoms with Crippen LogP contribution in [0.5, 0.6) is 11.5 Å². The highest BCUT2D eigenvalue weighted by Crippen LogP contribution is 2.29. The van der Waals surface area contributed by atoms with Gasteiger partial charge in [-0.15, -0.1) is 0 Å². The average molecular weight is 472 g/mol. The first-order chi connectivity index (χ1) is 15.3. The Balaban J connectivity index is 1.73. The van der Waals surface area contributed by atoms with Crippen LogP contribution in [0.2, 0.25) is 0 Å².